The summed E-state index contributed by atoms with van der Waals surface area (Å²) in [6.07, 6.45) is 3.73. The normalized spacial score (nSPS) is 16.1. The number of likely N-dealkylation sites (N-methyl/N-ethyl adjacent to an activating group) is 1. The van der Waals surface area contributed by atoms with Crippen LogP contribution in [0.2, 0.25) is 0 Å². The summed E-state index contributed by atoms with van der Waals surface area (Å²) < 4.78 is 5.70. The summed E-state index contributed by atoms with van der Waals surface area (Å²) in [5.41, 5.74) is 2.34. The molecule has 1 aliphatic carbocycles. The molecule has 0 spiro atoms. The zero-order chi connectivity index (χ0) is 14.7. The van der Waals surface area contributed by atoms with Crippen LogP contribution in [-0.4, -0.2) is 25.7 Å². The zero-order valence-electron chi connectivity index (χ0n) is 12.6. The Morgan fingerprint density at radius 1 is 1.33 bits per heavy atom. The van der Waals surface area contributed by atoms with E-state index in [1.165, 1.54) is 23.3 Å². The van der Waals surface area contributed by atoms with Gasteiger partial charge < -0.3 is 10.1 Å². The molecular formula is C17H22N2OS. The van der Waals surface area contributed by atoms with Crippen LogP contribution in [0.4, 0.5) is 0 Å². The topological polar surface area (TPSA) is 34.1 Å². The van der Waals surface area contributed by atoms with Gasteiger partial charge in [-0.05, 0) is 38.8 Å². The summed E-state index contributed by atoms with van der Waals surface area (Å²) >= 11 is 1.82. The summed E-state index contributed by atoms with van der Waals surface area (Å²) in [5.74, 6) is 0.668. The highest BCUT2D eigenvalue weighted by Crippen LogP contribution is 2.45. The molecule has 21 heavy (non-hydrogen) atoms. The largest absolute Gasteiger partial charge is 0.374 e. The van der Waals surface area contributed by atoms with Crippen molar-refractivity contribution < 1.29 is 4.74 Å². The van der Waals surface area contributed by atoms with Gasteiger partial charge in [0.2, 0.25) is 0 Å². The molecule has 1 aromatic carbocycles. The summed E-state index contributed by atoms with van der Waals surface area (Å²) in [4.78, 5) is 6.29. The van der Waals surface area contributed by atoms with E-state index in [1.807, 2.05) is 24.5 Å². The van der Waals surface area contributed by atoms with Gasteiger partial charge in [-0.25, -0.2) is 4.98 Å². The molecule has 1 aromatic heterocycles. The molecule has 3 rings (SSSR count). The summed E-state index contributed by atoms with van der Waals surface area (Å²) in [5, 5.41) is 4.37. The van der Waals surface area contributed by atoms with Crippen LogP contribution in [-0.2, 0) is 11.2 Å². The van der Waals surface area contributed by atoms with Crippen molar-refractivity contribution in [3.8, 4) is 11.3 Å². The van der Waals surface area contributed by atoms with E-state index in [9.17, 15) is 0 Å². The molecule has 1 fully saturated rings. The van der Waals surface area contributed by atoms with Crippen molar-refractivity contribution in [3.05, 3.63) is 40.2 Å². The average Bonchev–Trinajstić information content (AvgIpc) is 3.27. The molecule has 1 saturated carbocycles. The SMILES string of the molecule is CNCCc1sc(C(OC)C2CC2)nc1-c1ccccc1. The quantitative estimate of drug-likeness (QED) is 0.847. The lowest BCUT2D eigenvalue weighted by atomic mass is 10.1. The third kappa shape index (κ3) is 3.34. The Balaban J connectivity index is 1.94. The van der Waals surface area contributed by atoms with Crippen LogP contribution >= 0.6 is 11.3 Å². The van der Waals surface area contributed by atoms with E-state index in [0.717, 1.165) is 23.7 Å². The molecule has 1 unspecified atom stereocenters. The van der Waals surface area contributed by atoms with Crippen molar-refractivity contribution in [1.29, 1.82) is 0 Å². The smallest absolute Gasteiger partial charge is 0.123 e. The van der Waals surface area contributed by atoms with Crippen molar-refractivity contribution >= 4 is 11.3 Å². The van der Waals surface area contributed by atoms with Crippen molar-refractivity contribution in [2.75, 3.05) is 20.7 Å². The number of hydrogen-bond donors (Lipinski definition) is 1. The number of nitrogens with one attached hydrogen (secondary N) is 1. The van der Waals surface area contributed by atoms with E-state index in [-0.39, 0.29) is 6.10 Å². The average molecular weight is 302 g/mol. The van der Waals surface area contributed by atoms with Crippen molar-refractivity contribution in [2.45, 2.75) is 25.4 Å². The second kappa shape index (κ2) is 6.69. The first kappa shape index (κ1) is 14.7. The second-order valence-electron chi connectivity index (χ2n) is 5.54. The van der Waals surface area contributed by atoms with Gasteiger partial charge in [-0.3, -0.25) is 0 Å². The van der Waals surface area contributed by atoms with E-state index in [2.05, 4.69) is 29.6 Å². The van der Waals surface area contributed by atoms with Gasteiger partial charge in [0.1, 0.15) is 11.1 Å². The molecule has 2 aromatic rings. The van der Waals surface area contributed by atoms with Crippen LogP contribution in [0.1, 0.15) is 28.8 Å². The van der Waals surface area contributed by atoms with Crippen molar-refractivity contribution in [2.24, 2.45) is 5.92 Å². The lowest BCUT2D eigenvalue weighted by Crippen LogP contribution is -2.09. The van der Waals surface area contributed by atoms with Crippen LogP contribution < -0.4 is 5.32 Å². The predicted octanol–water partition coefficient (Wildman–Crippen LogP) is 3.67. The van der Waals surface area contributed by atoms with Gasteiger partial charge in [-0.15, -0.1) is 11.3 Å². The first-order valence-electron chi connectivity index (χ1n) is 7.56. The third-order valence-corrected chi connectivity index (χ3v) is 5.09. The molecule has 0 aliphatic heterocycles. The number of aromatic nitrogens is 1. The molecular weight excluding hydrogens is 280 g/mol. The third-order valence-electron chi connectivity index (χ3n) is 3.91. The lowest BCUT2D eigenvalue weighted by Gasteiger charge is -2.10. The first-order chi connectivity index (χ1) is 10.3. The maximum absolute atomic E-state index is 5.70. The van der Waals surface area contributed by atoms with Gasteiger partial charge in [0.15, 0.2) is 0 Å². The minimum absolute atomic E-state index is 0.181. The summed E-state index contributed by atoms with van der Waals surface area (Å²) in [7, 11) is 3.80. The molecule has 1 N–H and O–H groups in total. The van der Waals surface area contributed by atoms with Gasteiger partial charge in [-0.1, -0.05) is 30.3 Å². The molecule has 1 aliphatic rings. The molecule has 0 radical (unpaired) electrons. The molecule has 4 heteroatoms. The van der Waals surface area contributed by atoms with Gasteiger partial charge in [0, 0.05) is 17.6 Å². The fourth-order valence-corrected chi connectivity index (χ4v) is 3.87. The standard InChI is InChI=1S/C17H22N2OS/c1-18-11-10-14-15(12-6-4-3-5-7-12)19-17(21-14)16(20-2)13-8-9-13/h3-7,13,16,18H,8-11H2,1-2H3. The van der Waals surface area contributed by atoms with E-state index < -0.39 is 0 Å². The Hall–Kier alpha value is -1.23. The van der Waals surface area contributed by atoms with Crippen molar-refractivity contribution in [3.63, 3.8) is 0 Å². The molecule has 0 amide bonds. The fraction of sp³-hybridized carbons (Fsp3) is 0.471. The highest BCUT2D eigenvalue weighted by molar-refractivity contribution is 7.12. The number of hydrogen-bond acceptors (Lipinski definition) is 4. The van der Waals surface area contributed by atoms with Crippen LogP contribution in [0.3, 0.4) is 0 Å². The number of thiazole rings is 1. The van der Waals surface area contributed by atoms with E-state index in [0.29, 0.717) is 5.92 Å². The molecule has 1 heterocycles. The second-order valence-corrected chi connectivity index (χ2v) is 6.65. The van der Waals surface area contributed by atoms with Crippen molar-refractivity contribution in [1.82, 2.24) is 10.3 Å². The van der Waals surface area contributed by atoms with Gasteiger partial charge in [-0.2, -0.15) is 0 Å². The van der Waals surface area contributed by atoms with Gasteiger partial charge in [0.25, 0.3) is 0 Å². The Morgan fingerprint density at radius 2 is 2.10 bits per heavy atom. The summed E-state index contributed by atoms with van der Waals surface area (Å²) in [6.45, 7) is 0.975. The van der Waals surface area contributed by atoms with E-state index in [4.69, 9.17) is 9.72 Å². The fourth-order valence-electron chi connectivity index (χ4n) is 2.62. The molecule has 112 valence electrons. The number of ether oxygens (including phenoxy) is 1. The Morgan fingerprint density at radius 3 is 2.71 bits per heavy atom. The zero-order valence-corrected chi connectivity index (χ0v) is 13.5. The molecule has 0 saturated heterocycles. The molecule has 0 bridgehead atoms. The first-order valence-corrected chi connectivity index (χ1v) is 8.37. The number of nitrogens with zero attached hydrogens (tertiary/aromatic N) is 1. The Labute approximate surface area is 130 Å². The number of benzene rings is 1. The maximum Gasteiger partial charge on any atom is 0.123 e. The predicted molar refractivity (Wildman–Crippen MR) is 87.7 cm³/mol. The van der Waals surface area contributed by atoms with Crippen LogP contribution in [0, 0.1) is 5.92 Å². The van der Waals surface area contributed by atoms with E-state index >= 15 is 0 Å². The highest BCUT2D eigenvalue weighted by Gasteiger charge is 2.35. The van der Waals surface area contributed by atoms with Crippen LogP contribution in [0.5, 0.6) is 0 Å². The number of rotatable bonds is 7. The Bertz CT molecular complexity index is 578. The molecule has 3 nitrogen and oxygen atoms in total. The lowest BCUT2D eigenvalue weighted by molar-refractivity contribution is 0.0844. The highest BCUT2D eigenvalue weighted by atomic mass is 32.1. The number of methoxy groups -OCH3 is 1. The van der Waals surface area contributed by atoms with Crippen LogP contribution in [0.25, 0.3) is 11.3 Å². The van der Waals surface area contributed by atoms with E-state index in [1.54, 1.807) is 7.11 Å². The Kier molecular flexibility index (Phi) is 4.68. The summed E-state index contributed by atoms with van der Waals surface area (Å²) in [6, 6.07) is 10.5. The minimum atomic E-state index is 0.181. The van der Waals surface area contributed by atoms with Gasteiger partial charge in [0.05, 0.1) is 5.69 Å². The van der Waals surface area contributed by atoms with Crippen LogP contribution in [0.15, 0.2) is 30.3 Å². The minimum Gasteiger partial charge on any atom is -0.374 e. The van der Waals surface area contributed by atoms with Gasteiger partial charge >= 0.3 is 0 Å². The maximum atomic E-state index is 5.70. The monoisotopic (exact) mass is 302 g/mol. The molecule has 1 atom stereocenters.